The summed E-state index contributed by atoms with van der Waals surface area (Å²) in [4.78, 5) is 25.0. The van der Waals surface area contributed by atoms with Gasteiger partial charge >= 0.3 is 12.0 Å². The van der Waals surface area contributed by atoms with Gasteiger partial charge < -0.3 is 20.6 Å². The Balaban J connectivity index is 2.50. The second-order valence-electron chi connectivity index (χ2n) is 4.86. The van der Waals surface area contributed by atoms with Crippen molar-refractivity contribution < 1.29 is 14.7 Å². The minimum Gasteiger partial charge on any atom is -0.478 e. The van der Waals surface area contributed by atoms with E-state index in [-0.39, 0.29) is 11.3 Å². The molecule has 21 heavy (non-hydrogen) atoms. The molecule has 0 unspecified atom stereocenters. The fraction of sp³-hybridized carbons (Fsp3) is 0.429. The summed E-state index contributed by atoms with van der Waals surface area (Å²) in [5.41, 5.74) is 0.308. The zero-order valence-corrected chi connectivity index (χ0v) is 13.7. The molecule has 0 bridgehead atoms. The lowest BCUT2D eigenvalue weighted by atomic mass is 10.2. The minimum absolute atomic E-state index is 0.0483. The summed E-state index contributed by atoms with van der Waals surface area (Å²) in [7, 11) is 4.00. The van der Waals surface area contributed by atoms with Crippen molar-refractivity contribution in [3.05, 3.63) is 28.2 Å². The predicted octanol–water partition coefficient (Wildman–Crippen LogP) is 2.61. The molecule has 0 atom stereocenters. The first-order chi connectivity index (χ1) is 9.91. The Morgan fingerprint density at radius 1 is 1.29 bits per heavy atom. The SMILES string of the molecule is CN(C)CCCCNC(=O)Nc1c(Br)cccc1C(=O)O. The molecule has 7 heteroatoms. The van der Waals surface area contributed by atoms with Gasteiger partial charge in [0.2, 0.25) is 0 Å². The molecule has 0 saturated carbocycles. The third-order valence-electron chi connectivity index (χ3n) is 2.80. The number of benzene rings is 1. The van der Waals surface area contributed by atoms with E-state index in [9.17, 15) is 9.59 Å². The van der Waals surface area contributed by atoms with Crippen LogP contribution in [-0.2, 0) is 0 Å². The molecule has 116 valence electrons. The number of rotatable bonds is 7. The molecule has 0 heterocycles. The van der Waals surface area contributed by atoms with Crippen LogP contribution in [0.3, 0.4) is 0 Å². The third-order valence-corrected chi connectivity index (χ3v) is 3.46. The quantitative estimate of drug-likeness (QED) is 0.655. The van der Waals surface area contributed by atoms with E-state index >= 15 is 0 Å². The highest BCUT2D eigenvalue weighted by atomic mass is 79.9. The van der Waals surface area contributed by atoms with Crippen molar-refractivity contribution in [2.24, 2.45) is 0 Å². The number of carboxylic acid groups (broad SMARTS) is 1. The zero-order valence-electron chi connectivity index (χ0n) is 12.1. The number of anilines is 1. The van der Waals surface area contributed by atoms with Gasteiger partial charge in [0.1, 0.15) is 0 Å². The van der Waals surface area contributed by atoms with Crippen molar-refractivity contribution in [1.29, 1.82) is 0 Å². The monoisotopic (exact) mass is 357 g/mol. The number of unbranched alkanes of at least 4 members (excludes halogenated alkanes) is 1. The van der Waals surface area contributed by atoms with Crippen molar-refractivity contribution >= 4 is 33.6 Å². The number of nitrogens with zero attached hydrogens (tertiary/aromatic N) is 1. The highest BCUT2D eigenvalue weighted by Crippen LogP contribution is 2.26. The lowest BCUT2D eigenvalue weighted by molar-refractivity contribution is 0.0698. The van der Waals surface area contributed by atoms with E-state index in [2.05, 4.69) is 31.5 Å². The average Bonchev–Trinajstić information content (AvgIpc) is 2.40. The molecule has 0 aliphatic rings. The highest BCUT2D eigenvalue weighted by molar-refractivity contribution is 9.10. The summed E-state index contributed by atoms with van der Waals surface area (Å²) in [6, 6.07) is 4.32. The Kier molecular flexibility index (Phi) is 7.18. The molecule has 0 fully saturated rings. The fourth-order valence-corrected chi connectivity index (χ4v) is 2.21. The number of urea groups is 1. The van der Waals surface area contributed by atoms with Crippen LogP contribution >= 0.6 is 15.9 Å². The summed E-state index contributed by atoms with van der Waals surface area (Å²) in [6.45, 7) is 1.52. The number of carbonyl (C=O) groups is 2. The first kappa shape index (κ1) is 17.5. The maximum Gasteiger partial charge on any atom is 0.337 e. The Bertz CT molecular complexity index is 506. The van der Waals surface area contributed by atoms with Gasteiger partial charge in [-0.2, -0.15) is 0 Å². The molecular weight excluding hydrogens is 338 g/mol. The molecule has 1 aromatic carbocycles. The zero-order chi connectivity index (χ0) is 15.8. The van der Waals surface area contributed by atoms with Crippen LogP contribution < -0.4 is 10.6 Å². The lowest BCUT2D eigenvalue weighted by Gasteiger charge is -2.12. The van der Waals surface area contributed by atoms with Crippen molar-refractivity contribution in [1.82, 2.24) is 10.2 Å². The molecule has 6 nitrogen and oxygen atoms in total. The topological polar surface area (TPSA) is 81.7 Å². The largest absolute Gasteiger partial charge is 0.478 e. The fourth-order valence-electron chi connectivity index (χ4n) is 1.74. The van der Waals surface area contributed by atoms with Crippen molar-refractivity contribution in [2.75, 3.05) is 32.5 Å². The maximum atomic E-state index is 11.8. The van der Waals surface area contributed by atoms with Crippen LogP contribution in [0, 0.1) is 0 Å². The number of carboxylic acids is 1. The van der Waals surface area contributed by atoms with Gasteiger partial charge in [-0.05, 0) is 61.5 Å². The number of carbonyl (C=O) groups excluding carboxylic acids is 1. The summed E-state index contributed by atoms with van der Waals surface area (Å²) in [6.07, 6.45) is 1.86. The first-order valence-corrected chi connectivity index (χ1v) is 7.42. The van der Waals surface area contributed by atoms with E-state index in [1.807, 2.05) is 14.1 Å². The standard InChI is InChI=1S/C14H20BrN3O3/c1-18(2)9-4-3-8-16-14(21)17-12-10(13(19)20)6-5-7-11(12)15/h5-7H,3-4,8-9H2,1-2H3,(H,19,20)(H2,16,17,21). The van der Waals surface area contributed by atoms with Gasteiger partial charge in [-0.1, -0.05) is 6.07 Å². The first-order valence-electron chi connectivity index (χ1n) is 6.63. The molecule has 0 spiro atoms. The number of nitrogens with one attached hydrogen (secondary N) is 2. The number of hydrogen-bond donors (Lipinski definition) is 3. The van der Waals surface area contributed by atoms with Crippen LogP contribution in [0.25, 0.3) is 0 Å². The Morgan fingerprint density at radius 2 is 2.00 bits per heavy atom. The van der Waals surface area contributed by atoms with Crippen LogP contribution in [0.5, 0.6) is 0 Å². The van der Waals surface area contributed by atoms with Crippen LogP contribution in [0.15, 0.2) is 22.7 Å². The van der Waals surface area contributed by atoms with Gasteiger partial charge in [0.25, 0.3) is 0 Å². The molecule has 0 saturated heterocycles. The molecule has 0 aliphatic heterocycles. The molecule has 0 aliphatic carbocycles. The molecule has 1 rings (SSSR count). The second-order valence-corrected chi connectivity index (χ2v) is 5.71. The number of amides is 2. The number of halogens is 1. The van der Waals surface area contributed by atoms with Gasteiger partial charge in [-0.15, -0.1) is 0 Å². The molecule has 1 aromatic rings. The Labute approximate surface area is 132 Å². The van der Waals surface area contributed by atoms with Crippen molar-refractivity contribution in [3.8, 4) is 0 Å². The number of hydrogen-bond acceptors (Lipinski definition) is 3. The van der Waals surface area contributed by atoms with Gasteiger partial charge in [0.15, 0.2) is 0 Å². The summed E-state index contributed by atoms with van der Waals surface area (Å²) in [5.74, 6) is -1.09. The molecular formula is C14H20BrN3O3. The summed E-state index contributed by atoms with van der Waals surface area (Å²) < 4.78 is 0.533. The van der Waals surface area contributed by atoms with Crippen LogP contribution in [0.1, 0.15) is 23.2 Å². The predicted molar refractivity (Wildman–Crippen MR) is 85.9 cm³/mol. The van der Waals surface area contributed by atoms with Crippen LogP contribution in [-0.4, -0.2) is 49.2 Å². The molecule has 0 radical (unpaired) electrons. The normalized spacial score (nSPS) is 10.5. The number of para-hydroxylation sites is 1. The summed E-state index contributed by atoms with van der Waals surface area (Å²) >= 11 is 3.24. The maximum absolute atomic E-state index is 11.8. The van der Waals surface area contributed by atoms with E-state index in [1.54, 1.807) is 12.1 Å². The van der Waals surface area contributed by atoms with Crippen molar-refractivity contribution in [2.45, 2.75) is 12.8 Å². The van der Waals surface area contributed by atoms with Gasteiger partial charge in [-0.3, -0.25) is 0 Å². The third kappa shape index (κ3) is 6.14. The van der Waals surface area contributed by atoms with Gasteiger partial charge in [0, 0.05) is 11.0 Å². The highest BCUT2D eigenvalue weighted by Gasteiger charge is 2.14. The molecule has 2 amide bonds. The van der Waals surface area contributed by atoms with Crippen LogP contribution in [0.4, 0.5) is 10.5 Å². The van der Waals surface area contributed by atoms with E-state index in [4.69, 9.17) is 5.11 Å². The molecule has 0 aromatic heterocycles. The van der Waals surface area contributed by atoms with Crippen LogP contribution in [0.2, 0.25) is 0 Å². The van der Waals surface area contributed by atoms with Gasteiger partial charge in [0.05, 0.1) is 11.3 Å². The minimum atomic E-state index is -1.09. The average molecular weight is 358 g/mol. The summed E-state index contributed by atoms with van der Waals surface area (Å²) in [5, 5.41) is 14.4. The Morgan fingerprint density at radius 3 is 2.62 bits per heavy atom. The van der Waals surface area contributed by atoms with E-state index in [0.717, 1.165) is 19.4 Å². The second kappa shape index (κ2) is 8.63. The van der Waals surface area contributed by atoms with E-state index in [1.165, 1.54) is 6.07 Å². The Hall–Kier alpha value is -1.60. The number of aromatic carboxylic acids is 1. The smallest absolute Gasteiger partial charge is 0.337 e. The lowest BCUT2D eigenvalue weighted by Crippen LogP contribution is -2.30. The van der Waals surface area contributed by atoms with Gasteiger partial charge in [-0.25, -0.2) is 9.59 Å². The van der Waals surface area contributed by atoms with E-state index in [0.29, 0.717) is 11.0 Å². The van der Waals surface area contributed by atoms with E-state index < -0.39 is 12.0 Å². The molecule has 3 N–H and O–H groups in total. The van der Waals surface area contributed by atoms with Crippen molar-refractivity contribution in [3.63, 3.8) is 0 Å².